The summed E-state index contributed by atoms with van der Waals surface area (Å²) in [6, 6.07) is 18.6. The molecule has 1 aliphatic heterocycles. The van der Waals surface area contributed by atoms with Crippen LogP contribution in [-0.2, 0) is 6.18 Å². The van der Waals surface area contributed by atoms with Crippen LogP contribution in [0.3, 0.4) is 0 Å². The lowest BCUT2D eigenvalue weighted by Crippen LogP contribution is -2.43. The molecule has 1 heterocycles. The number of hydrogen-bond donors (Lipinski definition) is 1. The Morgan fingerprint density at radius 1 is 0.879 bits per heavy atom. The Morgan fingerprint density at radius 2 is 1.55 bits per heavy atom. The van der Waals surface area contributed by atoms with Crippen LogP contribution in [0.5, 0.6) is 0 Å². The third-order valence-electron chi connectivity index (χ3n) is 5.60. The van der Waals surface area contributed by atoms with Crippen molar-refractivity contribution in [3.05, 3.63) is 92.9 Å². The number of benzene rings is 3. The summed E-state index contributed by atoms with van der Waals surface area (Å²) in [6.45, 7) is 0.750. The highest BCUT2D eigenvalue weighted by Gasteiger charge is 2.32. The van der Waals surface area contributed by atoms with Crippen LogP contribution in [-0.4, -0.2) is 12.6 Å². The van der Waals surface area contributed by atoms with Gasteiger partial charge in [0.15, 0.2) is 0 Å². The van der Waals surface area contributed by atoms with E-state index in [0.29, 0.717) is 15.1 Å². The summed E-state index contributed by atoms with van der Waals surface area (Å²) < 4.78 is 41.8. The monoisotopic (exact) mass is 530 g/mol. The largest absolute Gasteiger partial charge is 0.416 e. The topological polar surface area (TPSA) is 15.3 Å². The average molecular weight is 532 g/mol. The lowest BCUT2D eigenvalue weighted by Gasteiger charge is -2.42. The average Bonchev–Trinajstić information content (AvgIpc) is 2.78. The number of hydrogen-bond acceptors (Lipinski definition) is 3. The highest BCUT2D eigenvalue weighted by Crippen LogP contribution is 2.40. The molecule has 2 nitrogen and oxygen atoms in total. The fourth-order valence-electron chi connectivity index (χ4n) is 3.94. The van der Waals surface area contributed by atoms with Gasteiger partial charge in [-0.05, 0) is 85.0 Å². The quantitative estimate of drug-likeness (QED) is 0.332. The zero-order valence-electron chi connectivity index (χ0n) is 17.3. The van der Waals surface area contributed by atoms with E-state index >= 15 is 0 Å². The first kappa shape index (κ1) is 24.6. The number of halogens is 6. The van der Waals surface area contributed by atoms with Crippen molar-refractivity contribution in [2.75, 3.05) is 11.4 Å². The molecule has 4 rings (SSSR count). The molecule has 3 aromatic carbocycles. The Hall–Kier alpha value is -1.57. The first-order valence-corrected chi connectivity index (χ1v) is 12.2. The molecular weight excluding hydrogens is 512 g/mol. The van der Waals surface area contributed by atoms with E-state index in [4.69, 9.17) is 34.8 Å². The Morgan fingerprint density at radius 3 is 2.18 bits per heavy atom. The van der Waals surface area contributed by atoms with E-state index in [2.05, 4.69) is 9.62 Å². The van der Waals surface area contributed by atoms with Crippen LogP contribution < -0.4 is 9.62 Å². The number of piperidine rings is 1. The summed E-state index contributed by atoms with van der Waals surface area (Å²) in [5.74, 6) is 0. The van der Waals surface area contributed by atoms with Crippen molar-refractivity contribution >= 4 is 52.4 Å². The van der Waals surface area contributed by atoms with Crippen LogP contribution in [0.15, 0.2) is 71.6 Å². The molecule has 1 saturated heterocycles. The highest BCUT2D eigenvalue weighted by atomic mass is 35.5. The van der Waals surface area contributed by atoms with E-state index in [9.17, 15) is 13.2 Å². The molecule has 0 saturated carbocycles. The normalized spacial score (nSPS) is 19.0. The van der Waals surface area contributed by atoms with Gasteiger partial charge in [0.25, 0.3) is 0 Å². The molecule has 0 amide bonds. The Kier molecular flexibility index (Phi) is 7.71. The summed E-state index contributed by atoms with van der Waals surface area (Å²) >= 11 is 20.1. The van der Waals surface area contributed by atoms with E-state index in [1.54, 1.807) is 6.07 Å². The second kappa shape index (κ2) is 10.4. The molecule has 33 heavy (non-hydrogen) atoms. The van der Waals surface area contributed by atoms with Gasteiger partial charge in [0, 0.05) is 27.5 Å². The van der Waals surface area contributed by atoms with Gasteiger partial charge < -0.3 is 4.90 Å². The summed E-state index contributed by atoms with van der Waals surface area (Å²) in [5.41, 5.74) is 1.37. The summed E-state index contributed by atoms with van der Waals surface area (Å²) in [6.07, 6.45) is -2.71. The third-order valence-corrected chi connectivity index (χ3v) is 7.35. The molecule has 0 radical (unpaired) electrons. The second-order valence-corrected chi connectivity index (χ2v) is 10.0. The zero-order chi connectivity index (χ0) is 23.6. The van der Waals surface area contributed by atoms with Crippen molar-refractivity contribution in [2.24, 2.45) is 0 Å². The molecule has 1 aliphatic rings. The fourth-order valence-corrected chi connectivity index (χ4v) is 5.37. The van der Waals surface area contributed by atoms with Crippen LogP contribution in [0, 0.1) is 0 Å². The second-order valence-electron chi connectivity index (χ2n) is 7.82. The summed E-state index contributed by atoms with van der Waals surface area (Å²) in [4.78, 5) is 3.00. The molecule has 0 aromatic heterocycles. The predicted molar refractivity (Wildman–Crippen MR) is 131 cm³/mol. The molecule has 2 atom stereocenters. The fraction of sp³-hybridized carbons (Fsp3) is 0.250. The molecule has 3 aromatic rings. The summed E-state index contributed by atoms with van der Waals surface area (Å²) in [7, 11) is 0. The van der Waals surface area contributed by atoms with Crippen LogP contribution >= 0.6 is 46.8 Å². The number of nitrogens with one attached hydrogen (secondary N) is 1. The van der Waals surface area contributed by atoms with Gasteiger partial charge in [-0.3, -0.25) is 4.72 Å². The standard InChI is InChI=1S/C24H20Cl3F3N2S/c25-17-5-1-15(2-6-17)23-14-19(11-12-32(23)22-10-7-18(26)13-21(22)27)31-33-20-8-3-16(4-9-20)24(28,29)30/h1-10,13,19,23,31H,11-12,14H2. The Bertz CT molecular complexity index is 1090. The third kappa shape index (κ3) is 6.11. The molecule has 0 aliphatic carbocycles. The van der Waals surface area contributed by atoms with Crippen molar-refractivity contribution < 1.29 is 13.2 Å². The van der Waals surface area contributed by atoms with Gasteiger partial charge in [0.1, 0.15) is 0 Å². The minimum atomic E-state index is -4.34. The predicted octanol–water partition coefficient (Wildman–Crippen LogP) is 8.67. The molecule has 9 heteroatoms. The molecule has 174 valence electrons. The first-order chi connectivity index (χ1) is 15.7. The SMILES string of the molecule is FC(F)(F)c1ccc(SNC2CCN(c3ccc(Cl)cc3Cl)C(c3ccc(Cl)cc3)C2)cc1. The van der Waals surface area contributed by atoms with E-state index in [1.807, 2.05) is 36.4 Å². The number of rotatable bonds is 5. The van der Waals surface area contributed by atoms with Crippen molar-refractivity contribution in [1.29, 1.82) is 0 Å². The number of anilines is 1. The molecule has 2 unspecified atom stereocenters. The lowest BCUT2D eigenvalue weighted by atomic mass is 9.91. The van der Waals surface area contributed by atoms with E-state index < -0.39 is 11.7 Å². The van der Waals surface area contributed by atoms with Gasteiger partial charge in [-0.25, -0.2) is 0 Å². The van der Waals surface area contributed by atoms with Gasteiger partial charge in [-0.1, -0.05) is 46.9 Å². The summed E-state index contributed by atoms with van der Waals surface area (Å²) in [5, 5.41) is 1.83. The van der Waals surface area contributed by atoms with Gasteiger partial charge in [-0.2, -0.15) is 13.2 Å². The van der Waals surface area contributed by atoms with Crippen LogP contribution in [0.2, 0.25) is 15.1 Å². The van der Waals surface area contributed by atoms with Gasteiger partial charge in [-0.15, -0.1) is 0 Å². The van der Waals surface area contributed by atoms with Crippen molar-refractivity contribution in [3.63, 3.8) is 0 Å². The highest BCUT2D eigenvalue weighted by molar-refractivity contribution is 7.97. The number of alkyl halides is 3. The van der Waals surface area contributed by atoms with Gasteiger partial charge in [0.05, 0.1) is 22.3 Å². The maximum Gasteiger partial charge on any atom is 0.416 e. The minimum Gasteiger partial charge on any atom is -0.363 e. The van der Waals surface area contributed by atoms with Crippen LogP contribution in [0.25, 0.3) is 0 Å². The van der Waals surface area contributed by atoms with Crippen molar-refractivity contribution in [3.8, 4) is 0 Å². The first-order valence-electron chi connectivity index (χ1n) is 10.3. The molecular formula is C24H20Cl3F3N2S. The van der Waals surface area contributed by atoms with E-state index in [0.717, 1.165) is 47.7 Å². The van der Waals surface area contributed by atoms with E-state index in [1.165, 1.54) is 24.1 Å². The van der Waals surface area contributed by atoms with Crippen molar-refractivity contribution in [1.82, 2.24) is 4.72 Å². The van der Waals surface area contributed by atoms with Gasteiger partial charge >= 0.3 is 6.18 Å². The smallest absolute Gasteiger partial charge is 0.363 e. The molecule has 0 bridgehead atoms. The van der Waals surface area contributed by atoms with E-state index in [-0.39, 0.29) is 12.1 Å². The van der Waals surface area contributed by atoms with Crippen LogP contribution in [0.1, 0.15) is 30.0 Å². The van der Waals surface area contributed by atoms with Crippen LogP contribution in [0.4, 0.5) is 18.9 Å². The molecule has 1 fully saturated rings. The zero-order valence-corrected chi connectivity index (χ0v) is 20.3. The Balaban J connectivity index is 1.50. The van der Waals surface area contributed by atoms with Crippen molar-refractivity contribution in [2.45, 2.75) is 36.0 Å². The van der Waals surface area contributed by atoms with Gasteiger partial charge in [0.2, 0.25) is 0 Å². The molecule has 1 N–H and O–H groups in total. The minimum absolute atomic E-state index is 0.0420. The lowest BCUT2D eigenvalue weighted by molar-refractivity contribution is -0.137. The maximum absolute atomic E-state index is 12.8. The maximum atomic E-state index is 12.8. The number of nitrogens with zero attached hydrogens (tertiary/aromatic N) is 1. The Labute approximate surface area is 210 Å². The molecule has 0 spiro atoms.